The molecule has 3 nitrogen and oxygen atoms in total. The van der Waals surface area contributed by atoms with Gasteiger partial charge in [-0.1, -0.05) is 115 Å². The van der Waals surface area contributed by atoms with Gasteiger partial charge in [0, 0.05) is 49.7 Å². The number of rotatable bonds is 5. The molecule has 0 atom stereocenters. The van der Waals surface area contributed by atoms with Crippen LogP contribution < -0.4 is 4.90 Å². The van der Waals surface area contributed by atoms with Crippen LogP contribution in [0.1, 0.15) is 0 Å². The summed E-state index contributed by atoms with van der Waals surface area (Å²) in [5.74, 6) is 0. The molecule has 8 aromatic carbocycles. The lowest BCUT2D eigenvalue weighted by Gasteiger charge is -2.26. The summed E-state index contributed by atoms with van der Waals surface area (Å²) in [6.45, 7) is 0. The van der Waals surface area contributed by atoms with Gasteiger partial charge in [-0.2, -0.15) is 0 Å². The second-order valence-electron chi connectivity index (χ2n) is 12.7. The molecule has 0 saturated heterocycles. The number of H-pyrrole nitrogens is 1. The highest BCUT2D eigenvalue weighted by Gasteiger charge is 2.17. The van der Waals surface area contributed by atoms with Crippen LogP contribution >= 0.6 is 0 Å². The minimum atomic E-state index is 0.906. The van der Waals surface area contributed by atoms with Crippen molar-refractivity contribution in [2.45, 2.75) is 0 Å². The van der Waals surface area contributed by atoms with E-state index < -0.39 is 0 Å². The van der Waals surface area contributed by atoms with Crippen LogP contribution in [0.3, 0.4) is 0 Å². The van der Waals surface area contributed by atoms with Crippen LogP contribution in [0, 0.1) is 0 Å². The van der Waals surface area contributed by atoms with Crippen LogP contribution in [-0.4, -0.2) is 4.98 Å². The number of fused-ring (bicyclic) bond motifs is 7. The van der Waals surface area contributed by atoms with E-state index in [0.717, 1.165) is 55.6 Å². The van der Waals surface area contributed by atoms with Gasteiger partial charge >= 0.3 is 0 Å². The standard InChI is InChI=1S/C46H30N2O/c1-2-9-30(10-3-1)32-17-21-35(22-18-32)48(36-23-19-31-11-4-5-12-33(31)27-36)37-24-25-43-41(29-37)40-15-8-14-38(46(40)47-43)34-20-26-45-42(28-34)39-13-6-7-16-44(39)49-45/h1-29,47H. The van der Waals surface area contributed by atoms with Gasteiger partial charge in [0.15, 0.2) is 0 Å². The molecule has 10 aromatic rings. The highest BCUT2D eigenvalue weighted by molar-refractivity contribution is 6.14. The number of furan rings is 1. The summed E-state index contributed by atoms with van der Waals surface area (Å²) < 4.78 is 6.13. The Morgan fingerprint density at radius 1 is 0.388 bits per heavy atom. The van der Waals surface area contributed by atoms with E-state index in [-0.39, 0.29) is 0 Å². The molecule has 0 saturated carbocycles. The van der Waals surface area contributed by atoms with E-state index in [4.69, 9.17) is 4.42 Å². The van der Waals surface area contributed by atoms with E-state index in [9.17, 15) is 0 Å². The molecule has 3 heteroatoms. The van der Waals surface area contributed by atoms with Crippen molar-refractivity contribution in [2.75, 3.05) is 4.90 Å². The van der Waals surface area contributed by atoms with E-state index in [1.165, 1.54) is 38.2 Å². The van der Waals surface area contributed by atoms with Crippen molar-refractivity contribution in [2.24, 2.45) is 0 Å². The fourth-order valence-corrected chi connectivity index (χ4v) is 7.38. The molecule has 0 fully saturated rings. The average molecular weight is 627 g/mol. The number of aromatic amines is 1. The van der Waals surface area contributed by atoms with Gasteiger partial charge in [0.2, 0.25) is 0 Å². The molecular weight excluding hydrogens is 597 g/mol. The van der Waals surface area contributed by atoms with Gasteiger partial charge < -0.3 is 14.3 Å². The van der Waals surface area contributed by atoms with Crippen molar-refractivity contribution in [1.29, 1.82) is 0 Å². The zero-order valence-electron chi connectivity index (χ0n) is 26.6. The Labute approximate surface area is 283 Å². The lowest BCUT2D eigenvalue weighted by Crippen LogP contribution is -2.09. The maximum Gasteiger partial charge on any atom is 0.135 e. The summed E-state index contributed by atoms with van der Waals surface area (Å²) in [6, 6.07) is 62.8. The second kappa shape index (κ2) is 11.0. The lowest BCUT2D eigenvalue weighted by atomic mass is 10.00. The number of nitrogens with one attached hydrogen (secondary N) is 1. The summed E-state index contributed by atoms with van der Waals surface area (Å²) in [5.41, 5.74) is 12.1. The van der Waals surface area contributed by atoms with Crippen LogP contribution in [0.2, 0.25) is 0 Å². The predicted molar refractivity (Wildman–Crippen MR) is 206 cm³/mol. The Morgan fingerprint density at radius 3 is 1.96 bits per heavy atom. The largest absolute Gasteiger partial charge is 0.456 e. The lowest BCUT2D eigenvalue weighted by molar-refractivity contribution is 0.669. The molecule has 0 spiro atoms. The zero-order chi connectivity index (χ0) is 32.3. The Kier molecular flexibility index (Phi) is 6.18. The van der Waals surface area contributed by atoms with Gasteiger partial charge in [-0.05, 0) is 88.1 Å². The molecule has 2 aromatic heterocycles. The zero-order valence-corrected chi connectivity index (χ0v) is 26.6. The smallest absolute Gasteiger partial charge is 0.135 e. The monoisotopic (exact) mass is 626 g/mol. The highest BCUT2D eigenvalue weighted by Crippen LogP contribution is 2.41. The van der Waals surface area contributed by atoms with Gasteiger partial charge in [0.1, 0.15) is 11.2 Å². The van der Waals surface area contributed by atoms with E-state index >= 15 is 0 Å². The van der Waals surface area contributed by atoms with Crippen LogP contribution in [0.25, 0.3) is 76.8 Å². The van der Waals surface area contributed by atoms with Crippen molar-refractivity contribution in [3.05, 3.63) is 176 Å². The summed E-state index contributed by atoms with van der Waals surface area (Å²) in [6.07, 6.45) is 0. The summed E-state index contributed by atoms with van der Waals surface area (Å²) in [5, 5.41) is 7.10. The molecule has 230 valence electrons. The molecule has 0 aliphatic carbocycles. The molecule has 0 aliphatic heterocycles. The SMILES string of the molecule is c1ccc(-c2ccc(N(c3ccc4ccccc4c3)c3ccc4[nH]c5c(-c6ccc7oc8ccccc8c7c6)cccc5c4c3)cc2)cc1. The molecule has 0 radical (unpaired) electrons. The first-order valence-electron chi connectivity index (χ1n) is 16.7. The summed E-state index contributed by atoms with van der Waals surface area (Å²) in [4.78, 5) is 6.14. The molecule has 0 bridgehead atoms. The first-order chi connectivity index (χ1) is 24.3. The summed E-state index contributed by atoms with van der Waals surface area (Å²) >= 11 is 0. The molecule has 1 N–H and O–H groups in total. The van der Waals surface area contributed by atoms with E-state index in [2.05, 4.69) is 174 Å². The number of anilines is 3. The van der Waals surface area contributed by atoms with E-state index in [1.807, 2.05) is 12.1 Å². The fourth-order valence-electron chi connectivity index (χ4n) is 7.38. The normalized spacial score (nSPS) is 11.7. The van der Waals surface area contributed by atoms with Crippen molar-refractivity contribution in [3.8, 4) is 22.3 Å². The van der Waals surface area contributed by atoms with Crippen molar-refractivity contribution in [3.63, 3.8) is 0 Å². The van der Waals surface area contributed by atoms with Gasteiger partial charge in [-0.25, -0.2) is 0 Å². The molecule has 2 heterocycles. The molecule has 0 amide bonds. The first-order valence-corrected chi connectivity index (χ1v) is 16.7. The fraction of sp³-hybridized carbons (Fsp3) is 0. The maximum atomic E-state index is 6.13. The predicted octanol–water partition coefficient (Wildman–Crippen LogP) is 13.2. The molecule has 0 aliphatic rings. The average Bonchev–Trinajstić information content (AvgIpc) is 3.73. The maximum absolute atomic E-state index is 6.13. The van der Waals surface area contributed by atoms with Gasteiger partial charge in [0.25, 0.3) is 0 Å². The molecule has 49 heavy (non-hydrogen) atoms. The third-order valence-electron chi connectivity index (χ3n) is 9.79. The van der Waals surface area contributed by atoms with E-state index in [0.29, 0.717) is 0 Å². The Hall–Kier alpha value is -6.58. The molecular formula is C46H30N2O. The number of hydrogen-bond acceptors (Lipinski definition) is 2. The minimum Gasteiger partial charge on any atom is -0.456 e. The third kappa shape index (κ3) is 4.59. The number of benzene rings is 8. The van der Waals surface area contributed by atoms with Crippen LogP contribution in [0.15, 0.2) is 180 Å². The Balaban J connectivity index is 1.12. The first kappa shape index (κ1) is 27.5. The van der Waals surface area contributed by atoms with Crippen LogP contribution in [-0.2, 0) is 0 Å². The van der Waals surface area contributed by atoms with Crippen molar-refractivity contribution >= 4 is 71.6 Å². The van der Waals surface area contributed by atoms with Crippen LogP contribution in [0.4, 0.5) is 17.1 Å². The Bertz CT molecular complexity index is 2830. The number of hydrogen-bond donors (Lipinski definition) is 1. The van der Waals surface area contributed by atoms with Crippen molar-refractivity contribution < 1.29 is 4.42 Å². The quantitative estimate of drug-likeness (QED) is 0.206. The third-order valence-corrected chi connectivity index (χ3v) is 9.79. The van der Waals surface area contributed by atoms with Crippen LogP contribution in [0.5, 0.6) is 0 Å². The van der Waals surface area contributed by atoms with E-state index in [1.54, 1.807) is 0 Å². The topological polar surface area (TPSA) is 32.2 Å². The number of para-hydroxylation sites is 2. The molecule has 0 unspecified atom stereocenters. The number of nitrogens with zero attached hydrogens (tertiary/aromatic N) is 1. The number of aromatic nitrogens is 1. The van der Waals surface area contributed by atoms with Gasteiger partial charge in [0.05, 0.1) is 5.52 Å². The second-order valence-corrected chi connectivity index (χ2v) is 12.7. The Morgan fingerprint density at radius 2 is 1.06 bits per heavy atom. The van der Waals surface area contributed by atoms with Gasteiger partial charge in [-0.3, -0.25) is 0 Å². The van der Waals surface area contributed by atoms with Gasteiger partial charge in [-0.15, -0.1) is 0 Å². The molecule has 10 rings (SSSR count). The minimum absolute atomic E-state index is 0.906. The highest BCUT2D eigenvalue weighted by atomic mass is 16.3. The van der Waals surface area contributed by atoms with Crippen molar-refractivity contribution in [1.82, 2.24) is 4.98 Å². The summed E-state index contributed by atoms with van der Waals surface area (Å²) in [7, 11) is 0.